The van der Waals surface area contributed by atoms with Crippen molar-refractivity contribution in [3.8, 4) is 23.0 Å². The summed E-state index contributed by atoms with van der Waals surface area (Å²) in [5.41, 5.74) is 3.12. The van der Waals surface area contributed by atoms with Gasteiger partial charge in [-0.1, -0.05) is 0 Å². The zero-order valence-corrected chi connectivity index (χ0v) is 23.8. The van der Waals surface area contributed by atoms with Crippen LogP contribution in [-0.4, -0.2) is 74.9 Å². The Morgan fingerprint density at radius 3 is 2.27 bits per heavy atom. The van der Waals surface area contributed by atoms with E-state index in [9.17, 15) is 13.0 Å². The van der Waals surface area contributed by atoms with Gasteiger partial charge >= 0.3 is 0 Å². The van der Waals surface area contributed by atoms with E-state index in [0.29, 0.717) is 52.3 Å². The maximum atomic E-state index is 13.7. The molecule has 13 heteroatoms. The van der Waals surface area contributed by atoms with Crippen LogP contribution in [0.25, 0.3) is 23.0 Å². The van der Waals surface area contributed by atoms with Crippen molar-refractivity contribution in [2.45, 2.75) is 61.5 Å². The molecule has 1 unspecified atom stereocenters. The van der Waals surface area contributed by atoms with Gasteiger partial charge in [-0.2, -0.15) is 0 Å². The van der Waals surface area contributed by atoms with Crippen LogP contribution in [-0.2, 0) is 14.5 Å². The molecule has 0 radical (unpaired) electrons. The number of nitrogens with one attached hydrogen (secondary N) is 1. The molecule has 3 aromatic rings. The molecule has 0 amide bonds. The monoisotopic (exact) mass is 585 g/mol. The second kappa shape index (κ2) is 9.69. The van der Waals surface area contributed by atoms with E-state index in [0.717, 1.165) is 31.6 Å². The molecule has 1 aromatic carbocycles. The lowest BCUT2D eigenvalue weighted by Gasteiger charge is -2.35. The third kappa shape index (κ3) is 5.07. The molecule has 1 N–H and O–H groups in total. The van der Waals surface area contributed by atoms with E-state index >= 15 is 0 Å². The van der Waals surface area contributed by atoms with E-state index in [1.807, 2.05) is 19.1 Å². The van der Waals surface area contributed by atoms with Crippen molar-refractivity contribution in [3.05, 3.63) is 30.0 Å². The Hall–Kier alpha value is -3.19. The maximum absolute atomic E-state index is 13.7. The molecule has 3 aliphatic heterocycles. The van der Waals surface area contributed by atoms with Crippen LogP contribution in [0.3, 0.4) is 0 Å². The molecular formula is C28H33F2N7O3S. The first-order valence-electron chi connectivity index (χ1n) is 14.2. The second-order valence-corrected chi connectivity index (χ2v) is 14.2. The Labute approximate surface area is 237 Å². The molecule has 1 saturated carbocycles. The topological polar surface area (TPSA) is 121 Å². The largest absolute Gasteiger partial charge is 0.415 e. The number of nitrogens with zero attached hydrogens (tertiary/aromatic N) is 6. The first-order chi connectivity index (χ1) is 19.6. The summed E-state index contributed by atoms with van der Waals surface area (Å²) in [6, 6.07) is 7.14. The quantitative estimate of drug-likeness (QED) is 0.430. The summed E-state index contributed by atoms with van der Waals surface area (Å²) in [7, 11) is -3.03. The lowest BCUT2D eigenvalue weighted by atomic mass is 9.93. The Morgan fingerprint density at radius 2 is 1.61 bits per heavy atom. The summed E-state index contributed by atoms with van der Waals surface area (Å²) in [6.07, 6.45) is 4.29. The van der Waals surface area contributed by atoms with E-state index in [-0.39, 0.29) is 37.1 Å². The molecule has 0 bridgehead atoms. The van der Waals surface area contributed by atoms with Gasteiger partial charge in [0.2, 0.25) is 11.8 Å². The number of anilines is 2. The molecule has 1 spiro atoms. The minimum absolute atomic E-state index is 0.171. The Bertz CT molecular complexity index is 1570. The van der Waals surface area contributed by atoms with Gasteiger partial charge in [0.15, 0.2) is 0 Å². The number of ether oxygens (including phenoxy) is 1. The van der Waals surface area contributed by atoms with Crippen LogP contribution >= 0.6 is 0 Å². The number of aromatic nitrogens is 4. The Morgan fingerprint density at radius 1 is 0.927 bits per heavy atom. The number of alkyl halides is 2. The fraction of sp³-hybridized carbons (Fsp3) is 0.571. The van der Waals surface area contributed by atoms with Gasteiger partial charge in [0.1, 0.15) is 5.69 Å². The molecule has 5 heterocycles. The number of hydrogen-bond acceptors (Lipinski definition) is 10. The van der Waals surface area contributed by atoms with Gasteiger partial charge < -0.3 is 19.0 Å². The molecule has 2 aromatic heterocycles. The number of hydrogen-bond donors (Lipinski definition) is 1. The molecule has 7 rings (SSSR count). The van der Waals surface area contributed by atoms with E-state index in [1.54, 1.807) is 17.0 Å². The predicted octanol–water partition coefficient (Wildman–Crippen LogP) is 4.92. The number of halogens is 2. The van der Waals surface area contributed by atoms with Crippen molar-refractivity contribution < 1.29 is 22.1 Å². The predicted molar refractivity (Wildman–Crippen MR) is 149 cm³/mol. The average Bonchev–Trinajstić information content (AvgIpc) is 3.47. The normalized spacial score (nSPS) is 23.3. The minimum atomic E-state index is -3.03. The highest BCUT2D eigenvalue weighted by molar-refractivity contribution is 7.93. The highest BCUT2D eigenvalue weighted by atomic mass is 32.2. The molecule has 4 fully saturated rings. The van der Waals surface area contributed by atoms with E-state index < -0.39 is 15.7 Å². The third-order valence-electron chi connectivity index (χ3n) is 9.01. The minimum Gasteiger partial charge on any atom is -0.415 e. The van der Waals surface area contributed by atoms with Gasteiger partial charge in [0, 0.05) is 49.6 Å². The Kier molecular flexibility index (Phi) is 6.31. The lowest BCUT2D eigenvalue weighted by molar-refractivity contribution is -0.0222. The van der Waals surface area contributed by atoms with Crippen molar-refractivity contribution in [3.63, 3.8) is 0 Å². The van der Waals surface area contributed by atoms with Crippen LogP contribution in [0.2, 0.25) is 0 Å². The molecule has 1 aliphatic carbocycles. The summed E-state index contributed by atoms with van der Waals surface area (Å²) in [6.45, 7) is 4.56. The van der Waals surface area contributed by atoms with Gasteiger partial charge in [-0.15, -0.1) is 10.2 Å². The molecule has 41 heavy (non-hydrogen) atoms. The van der Waals surface area contributed by atoms with Crippen molar-refractivity contribution >= 4 is 21.4 Å². The molecule has 4 aliphatic rings. The smallest absolute Gasteiger partial charge is 0.266 e. The van der Waals surface area contributed by atoms with Crippen LogP contribution in [0.4, 0.5) is 20.4 Å². The number of aryl methyl sites for hydroxylation is 1. The van der Waals surface area contributed by atoms with Crippen molar-refractivity contribution in [2.24, 2.45) is 5.41 Å². The highest BCUT2D eigenvalue weighted by Crippen LogP contribution is 2.54. The van der Waals surface area contributed by atoms with Crippen molar-refractivity contribution in [1.82, 2.24) is 20.2 Å². The van der Waals surface area contributed by atoms with Gasteiger partial charge in [0.25, 0.3) is 11.8 Å². The van der Waals surface area contributed by atoms with Gasteiger partial charge in [0.05, 0.1) is 39.4 Å². The number of piperidine rings is 2. The van der Waals surface area contributed by atoms with E-state index in [1.165, 1.54) is 12.8 Å². The summed E-state index contributed by atoms with van der Waals surface area (Å²) in [5.74, 6) is -1.79. The SMILES string of the molecule is Cc1cc(-c2nnc(-c3ccc(S(=N)(=O)C4COC4)cc3N3CCC4(CC3)CC4)o2)nc(N2CCC(F)(F)CC2)n1. The first kappa shape index (κ1) is 26.7. The summed E-state index contributed by atoms with van der Waals surface area (Å²) >= 11 is 0. The van der Waals surface area contributed by atoms with Gasteiger partial charge in [-0.25, -0.2) is 27.7 Å². The number of rotatable bonds is 6. The fourth-order valence-corrected chi connectivity index (χ4v) is 7.43. The van der Waals surface area contributed by atoms with Crippen LogP contribution in [0, 0.1) is 17.1 Å². The van der Waals surface area contributed by atoms with Crippen LogP contribution in [0.5, 0.6) is 0 Å². The first-order valence-corrected chi connectivity index (χ1v) is 15.8. The second-order valence-electron chi connectivity index (χ2n) is 11.9. The number of benzene rings is 1. The van der Waals surface area contributed by atoms with Gasteiger partial charge in [-0.05, 0) is 62.3 Å². The third-order valence-corrected chi connectivity index (χ3v) is 11.2. The summed E-state index contributed by atoms with van der Waals surface area (Å²) < 4.78 is 60.9. The summed E-state index contributed by atoms with van der Waals surface area (Å²) in [4.78, 5) is 13.6. The zero-order chi connectivity index (χ0) is 28.4. The van der Waals surface area contributed by atoms with Crippen LogP contribution in [0.15, 0.2) is 33.6 Å². The lowest BCUT2D eigenvalue weighted by Crippen LogP contribution is -2.40. The fourth-order valence-electron chi connectivity index (χ4n) is 5.91. The highest BCUT2D eigenvalue weighted by Gasteiger charge is 2.45. The molecule has 10 nitrogen and oxygen atoms in total. The van der Waals surface area contributed by atoms with Crippen LogP contribution in [0.1, 0.15) is 44.2 Å². The average molecular weight is 586 g/mol. The van der Waals surface area contributed by atoms with Crippen molar-refractivity contribution in [2.75, 3.05) is 49.2 Å². The van der Waals surface area contributed by atoms with Crippen LogP contribution < -0.4 is 9.80 Å². The maximum Gasteiger partial charge on any atom is 0.266 e. The van der Waals surface area contributed by atoms with E-state index in [4.69, 9.17) is 13.9 Å². The molecule has 1 atom stereocenters. The van der Waals surface area contributed by atoms with E-state index in [2.05, 4.69) is 25.1 Å². The molecular weight excluding hydrogens is 552 g/mol. The zero-order valence-electron chi connectivity index (χ0n) is 22.9. The molecule has 218 valence electrons. The van der Waals surface area contributed by atoms with Gasteiger partial charge in [-0.3, -0.25) is 0 Å². The standard InChI is InChI=1S/C28H33F2N7O3S/c1-18-14-22(33-26(32-18)37-12-8-28(29,30)9-13-37)25-35-34-24(40-25)21-3-2-19(41(31,38)20-16-39-17-20)15-23(21)36-10-6-27(4-5-27)7-11-36/h2-3,14-15,20,31H,4-13,16-17H2,1H3. The Balaban J connectivity index is 1.21. The summed E-state index contributed by atoms with van der Waals surface area (Å²) in [5, 5.41) is 8.32. The van der Waals surface area contributed by atoms with Crippen molar-refractivity contribution in [1.29, 1.82) is 4.78 Å². The molecule has 3 saturated heterocycles.